The molecule has 4 nitrogen and oxygen atoms in total. The second-order valence-electron chi connectivity index (χ2n) is 3.87. The molecule has 0 bridgehead atoms. The second-order valence-corrected chi connectivity index (χ2v) is 3.87. The van der Waals surface area contributed by atoms with Crippen LogP contribution in [0.1, 0.15) is 21.7 Å². The van der Waals surface area contributed by atoms with Crippen molar-refractivity contribution >= 4 is 5.91 Å². The summed E-state index contributed by atoms with van der Waals surface area (Å²) in [6, 6.07) is 6.12. The molecule has 0 spiro atoms. The van der Waals surface area contributed by atoms with Crippen molar-refractivity contribution in [1.29, 1.82) is 0 Å². The Morgan fingerprint density at radius 2 is 2.06 bits per heavy atom. The van der Waals surface area contributed by atoms with Gasteiger partial charge in [0.2, 0.25) is 0 Å². The Labute approximate surface area is 97.9 Å². The fourth-order valence-electron chi connectivity index (χ4n) is 1.73. The Kier molecular flexibility index (Phi) is 2.67. The maximum Gasteiger partial charge on any atom is 0.251 e. The van der Waals surface area contributed by atoms with Gasteiger partial charge in [-0.25, -0.2) is 9.07 Å². The van der Waals surface area contributed by atoms with Gasteiger partial charge in [-0.05, 0) is 32.0 Å². The van der Waals surface area contributed by atoms with Crippen LogP contribution in [0.5, 0.6) is 0 Å². The van der Waals surface area contributed by atoms with Gasteiger partial charge in [0.25, 0.3) is 5.91 Å². The molecule has 1 heterocycles. The van der Waals surface area contributed by atoms with Gasteiger partial charge in [-0.1, -0.05) is 0 Å². The maximum absolute atomic E-state index is 13.6. The minimum absolute atomic E-state index is 0.115. The van der Waals surface area contributed by atoms with Gasteiger partial charge in [-0.3, -0.25) is 4.79 Å². The van der Waals surface area contributed by atoms with E-state index in [1.165, 1.54) is 12.1 Å². The van der Waals surface area contributed by atoms with Gasteiger partial charge in [0.05, 0.1) is 16.9 Å². The first kappa shape index (κ1) is 11.3. The van der Waals surface area contributed by atoms with Crippen LogP contribution in [-0.4, -0.2) is 15.7 Å². The average molecular weight is 233 g/mol. The topological polar surface area (TPSA) is 60.9 Å². The molecule has 0 fully saturated rings. The van der Waals surface area contributed by atoms with Crippen LogP contribution in [-0.2, 0) is 0 Å². The molecule has 0 unspecified atom stereocenters. The zero-order chi connectivity index (χ0) is 12.6. The van der Waals surface area contributed by atoms with Gasteiger partial charge in [0.1, 0.15) is 5.82 Å². The number of primary amides is 1. The molecular weight excluding hydrogens is 221 g/mol. The fourth-order valence-corrected chi connectivity index (χ4v) is 1.73. The summed E-state index contributed by atoms with van der Waals surface area (Å²) in [6.45, 7) is 3.73. The smallest absolute Gasteiger partial charge is 0.251 e. The minimum atomic E-state index is -0.776. The molecule has 88 valence electrons. The maximum atomic E-state index is 13.6. The van der Waals surface area contributed by atoms with Crippen LogP contribution in [0.25, 0.3) is 5.69 Å². The van der Waals surface area contributed by atoms with E-state index in [2.05, 4.69) is 5.10 Å². The van der Waals surface area contributed by atoms with Crippen LogP contribution in [0.3, 0.4) is 0 Å². The Hall–Kier alpha value is -2.17. The summed E-state index contributed by atoms with van der Waals surface area (Å²) in [6.07, 6.45) is 0. The standard InChI is InChI=1S/C12H12FN3O/c1-7-5-8(2)16(15-7)9-3-4-10(12(14)17)11(13)6-9/h3-6H,1-2H3,(H2,14,17). The molecule has 1 aromatic heterocycles. The molecule has 0 saturated heterocycles. The van der Waals surface area contributed by atoms with E-state index in [0.717, 1.165) is 11.4 Å². The molecule has 0 atom stereocenters. The lowest BCUT2D eigenvalue weighted by molar-refractivity contribution is 0.0996. The normalized spacial score (nSPS) is 10.5. The number of aryl methyl sites for hydroxylation is 2. The highest BCUT2D eigenvalue weighted by molar-refractivity contribution is 5.93. The lowest BCUT2D eigenvalue weighted by Crippen LogP contribution is -2.13. The van der Waals surface area contributed by atoms with Gasteiger partial charge in [0.15, 0.2) is 0 Å². The summed E-state index contributed by atoms with van der Waals surface area (Å²) < 4.78 is 15.2. The van der Waals surface area contributed by atoms with Crippen molar-refractivity contribution in [3.05, 3.63) is 47.0 Å². The highest BCUT2D eigenvalue weighted by Gasteiger charge is 2.11. The SMILES string of the molecule is Cc1cc(C)n(-c2ccc(C(N)=O)c(F)c2)n1. The molecule has 0 aliphatic heterocycles. The third-order valence-corrected chi connectivity index (χ3v) is 2.47. The molecular formula is C12H12FN3O. The predicted molar refractivity (Wildman–Crippen MR) is 61.5 cm³/mol. The molecule has 0 aliphatic carbocycles. The van der Waals surface area contributed by atoms with Crippen molar-refractivity contribution in [2.24, 2.45) is 5.73 Å². The zero-order valence-electron chi connectivity index (χ0n) is 9.57. The highest BCUT2D eigenvalue weighted by Crippen LogP contribution is 2.15. The summed E-state index contributed by atoms with van der Waals surface area (Å²) in [5, 5.41) is 4.23. The molecule has 0 aliphatic rings. The Balaban J connectivity index is 2.51. The van der Waals surface area contributed by atoms with Crippen molar-refractivity contribution in [2.45, 2.75) is 13.8 Å². The van der Waals surface area contributed by atoms with E-state index in [9.17, 15) is 9.18 Å². The van der Waals surface area contributed by atoms with Crippen molar-refractivity contribution in [3.63, 3.8) is 0 Å². The van der Waals surface area contributed by atoms with E-state index < -0.39 is 11.7 Å². The number of halogens is 1. The monoisotopic (exact) mass is 233 g/mol. The average Bonchev–Trinajstić information content (AvgIpc) is 2.57. The van der Waals surface area contributed by atoms with Crippen molar-refractivity contribution in [1.82, 2.24) is 9.78 Å². The van der Waals surface area contributed by atoms with E-state index >= 15 is 0 Å². The molecule has 0 radical (unpaired) electrons. The lowest BCUT2D eigenvalue weighted by atomic mass is 10.2. The van der Waals surface area contributed by atoms with Crippen molar-refractivity contribution in [2.75, 3.05) is 0 Å². The first-order valence-electron chi connectivity index (χ1n) is 5.12. The van der Waals surface area contributed by atoms with Gasteiger partial charge >= 0.3 is 0 Å². The van der Waals surface area contributed by atoms with E-state index in [-0.39, 0.29) is 5.56 Å². The Morgan fingerprint density at radius 1 is 1.35 bits per heavy atom. The molecule has 0 saturated carbocycles. The molecule has 1 amide bonds. The van der Waals surface area contributed by atoms with E-state index in [1.54, 1.807) is 10.7 Å². The predicted octanol–water partition coefficient (Wildman–Crippen LogP) is 1.73. The zero-order valence-corrected chi connectivity index (χ0v) is 9.57. The summed E-state index contributed by atoms with van der Waals surface area (Å²) in [4.78, 5) is 10.9. The largest absolute Gasteiger partial charge is 0.366 e. The molecule has 1 aromatic carbocycles. The van der Waals surface area contributed by atoms with E-state index in [1.807, 2.05) is 19.9 Å². The van der Waals surface area contributed by atoms with Crippen LogP contribution in [0.2, 0.25) is 0 Å². The number of benzene rings is 1. The molecule has 2 rings (SSSR count). The number of nitrogens with zero attached hydrogens (tertiary/aromatic N) is 2. The number of nitrogens with two attached hydrogens (primary N) is 1. The molecule has 17 heavy (non-hydrogen) atoms. The number of hydrogen-bond acceptors (Lipinski definition) is 2. The second kappa shape index (κ2) is 4.01. The first-order valence-corrected chi connectivity index (χ1v) is 5.12. The van der Waals surface area contributed by atoms with E-state index in [0.29, 0.717) is 5.69 Å². The summed E-state index contributed by atoms with van der Waals surface area (Å²) in [5.41, 5.74) is 7.23. The van der Waals surface area contributed by atoms with Crippen molar-refractivity contribution in [3.8, 4) is 5.69 Å². The van der Waals surface area contributed by atoms with Crippen LogP contribution in [0.4, 0.5) is 4.39 Å². The number of carbonyl (C=O) groups is 1. The summed E-state index contributed by atoms with van der Waals surface area (Å²) in [5.74, 6) is -1.41. The summed E-state index contributed by atoms with van der Waals surface area (Å²) in [7, 11) is 0. The first-order chi connectivity index (χ1) is 7.99. The number of aromatic nitrogens is 2. The third-order valence-electron chi connectivity index (χ3n) is 2.47. The van der Waals surface area contributed by atoms with Crippen LogP contribution >= 0.6 is 0 Å². The number of hydrogen-bond donors (Lipinski definition) is 1. The number of carbonyl (C=O) groups excluding carboxylic acids is 1. The van der Waals surface area contributed by atoms with E-state index in [4.69, 9.17) is 5.73 Å². The quantitative estimate of drug-likeness (QED) is 0.858. The minimum Gasteiger partial charge on any atom is -0.366 e. The van der Waals surface area contributed by atoms with Gasteiger partial charge in [-0.2, -0.15) is 5.10 Å². The molecule has 5 heteroatoms. The highest BCUT2D eigenvalue weighted by atomic mass is 19.1. The van der Waals surface area contributed by atoms with Crippen molar-refractivity contribution < 1.29 is 9.18 Å². The van der Waals surface area contributed by atoms with Gasteiger partial charge in [-0.15, -0.1) is 0 Å². The molecule has 2 N–H and O–H groups in total. The Morgan fingerprint density at radius 3 is 2.53 bits per heavy atom. The van der Waals surface area contributed by atoms with Crippen LogP contribution in [0, 0.1) is 19.7 Å². The Bertz CT molecular complexity index is 589. The summed E-state index contributed by atoms with van der Waals surface area (Å²) >= 11 is 0. The number of amides is 1. The fraction of sp³-hybridized carbons (Fsp3) is 0.167. The number of rotatable bonds is 2. The van der Waals surface area contributed by atoms with Gasteiger partial charge < -0.3 is 5.73 Å². The van der Waals surface area contributed by atoms with Gasteiger partial charge in [0, 0.05) is 11.8 Å². The van der Waals surface area contributed by atoms with Crippen LogP contribution in [0.15, 0.2) is 24.3 Å². The third kappa shape index (κ3) is 2.04. The van der Waals surface area contributed by atoms with Crippen LogP contribution < -0.4 is 5.73 Å². The lowest BCUT2D eigenvalue weighted by Gasteiger charge is -2.06. The molecule has 2 aromatic rings.